The topological polar surface area (TPSA) is 79.4 Å². The van der Waals surface area contributed by atoms with E-state index in [4.69, 9.17) is 0 Å². The first kappa shape index (κ1) is 16.7. The first-order chi connectivity index (χ1) is 11.8. The number of benzene rings is 1. The maximum Gasteiger partial charge on any atom is 0.325 e. The Kier molecular flexibility index (Phi) is 4.03. The number of pyridine rings is 1. The van der Waals surface area contributed by atoms with Crippen LogP contribution in [0.2, 0.25) is 0 Å². The van der Waals surface area contributed by atoms with Gasteiger partial charge in [-0.25, -0.2) is 13.6 Å². The lowest BCUT2D eigenvalue weighted by atomic mass is 9.93. The van der Waals surface area contributed by atoms with Crippen LogP contribution in [0, 0.1) is 11.6 Å². The number of hydrogen-bond acceptors (Lipinski definition) is 4. The van der Waals surface area contributed by atoms with Crippen molar-refractivity contribution in [2.75, 3.05) is 6.54 Å². The number of hydrogen-bond donors (Lipinski definition) is 1. The summed E-state index contributed by atoms with van der Waals surface area (Å²) in [5.74, 6) is -3.32. The number of amides is 3. The van der Waals surface area contributed by atoms with Gasteiger partial charge in [0.1, 0.15) is 17.2 Å². The van der Waals surface area contributed by atoms with Crippen molar-refractivity contribution < 1.29 is 23.2 Å². The van der Waals surface area contributed by atoms with Crippen LogP contribution < -0.4 is 5.32 Å². The Morgan fingerprint density at radius 1 is 1.20 bits per heavy atom. The molecule has 0 bridgehead atoms. The van der Waals surface area contributed by atoms with Crippen LogP contribution in [0.5, 0.6) is 0 Å². The third-order valence-corrected chi connectivity index (χ3v) is 4.07. The molecule has 2 heterocycles. The number of carbonyl (C=O) groups is 3. The largest absolute Gasteiger partial charge is 0.325 e. The molecule has 1 N–H and O–H groups in total. The van der Waals surface area contributed by atoms with Crippen molar-refractivity contribution in [3.63, 3.8) is 0 Å². The van der Waals surface area contributed by atoms with E-state index >= 15 is 0 Å². The van der Waals surface area contributed by atoms with Gasteiger partial charge in [0, 0.05) is 18.5 Å². The van der Waals surface area contributed by atoms with Crippen molar-refractivity contribution in [2.24, 2.45) is 0 Å². The van der Waals surface area contributed by atoms with E-state index in [1.807, 2.05) is 0 Å². The highest BCUT2D eigenvalue weighted by atomic mass is 19.1. The summed E-state index contributed by atoms with van der Waals surface area (Å²) in [6.07, 6.45) is 2.95. The van der Waals surface area contributed by atoms with Gasteiger partial charge < -0.3 is 5.32 Å². The number of nitrogens with one attached hydrogen (secondary N) is 1. The molecular formula is C17H13F2N3O3. The normalized spacial score (nSPS) is 19.9. The second-order valence-corrected chi connectivity index (χ2v) is 5.73. The van der Waals surface area contributed by atoms with Gasteiger partial charge in [0.2, 0.25) is 0 Å². The Labute approximate surface area is 141 Å². The molecule has 25 heavy (non-hydrogen) atoms. The molecule has 1 aromatic heterocycles. The molecule has 0 spiro atoms. The second-order valence-electron chi connectivity index (χ2n) is 5.73. The molecule has 1 atom stereocenters. The molecule has 3 amide bonds. The van der Waals surface area contributed by atoms with Crippen molar-refractivity contribution in [2.45, 2.75) is 12.5 Å². The summed E-state index contributed by atoms with van der Waals surface area (Å²) >= 11 is 0. The average molecular weight is 345 g/mol. The fourth-order valence-electron chi connectivity index (χ4n) is 2.67. The highest BCUT2D eigenvalue weighted by molar-refractivity contribution is 6.11. The Bertz CT molecular complexity index is 873. The number of rotatable bonds is 4. The number of carbonyl (C=O) groups excluding carboxylic acids is 3. The quantitative estimate of drug-likeness (QED) is 0.679. The van der Waals surface area contributed by atoms with Crippen molar-refractivity contribution in [1.29, 1.82) is 0 Å². The van der Waals surface area contributed by atoms with E-state index in [2.05, 4.69) is 10.3 Å². The molecule has 1 aliphatic rings. The number of imide groups is 1. The van der Waals surface area contributed by atoms with Crippen LogP contribution in [0.3, 0.4) is 0 Å². The van der Waals surface area contributed by atoms with E-state index in [1.54, 1.807) is 12.1 Å². The van der Waals surface area contributed by atoms with Crippen LogP contribution in [0.4, 0.5) is 13.6 Å². The van der Waals surface area contributed by atoms with Gasteiger partial charge in [0.05, 0.1) is 12.1 Å². The first-order valence-corrected chi connectivity index (χ1v) is 7.36. The lowest BCUT2D eigenvalue weighted by molar-refractivity contribution is -0.130. The predicted octanol–water partition coefficient (Wildman–Crippen LogP) is 2.01. The van der Waals surface area contributed by atoms with E-state index in [-0.39, 0.29) is 5.56 Å². The van der Waals surface area contributed by atoms with E-state index in [0.29, 0.717) is 16.5 Å². The first-order valence-electron chi connectivity index (χ1n) is 7.36. The van der Waals surface area contributed by atoms with Gasteiger partial charge in [0.15, 0.2) is 5.78 Å². The number of urea groups is 1. The lowest BCUT2D eigenvalue weighted by Gasteiger charge is -2.21. The Morgan fingerprint density at radius 3 is 2.52 bits per heavy atom. The van der Waals surface area contributed by atoms with E-state index in [9.17, 15) is 23.2 Å². The number of halogens is 2. The molecule has 1 aliphatic heterocycles. The van der Waals surface area contributed by atoms with Crippen LogP contribution >= 0.6 is 0 Å². The van der Waals surface area contributed by atoms with Crippen LogP contribution in [0.25, 0.3) is 0 Å². The lowest BCUT2D eigenvalue weighted by Crippen LogP contribution is -2.41. The molecule has 0 radical (unpaired) electrons. The molecule has 0 aliphatic carbocycles. The second kappa shape index (κ2) is 6.04. The maximum absolute atomic E-state index is 13.7. The highest BCUT2D eigenvalue weighted by Gasteiger charge is 2.49. The van der Waals surface area contributed by atoms with Gasteiger partial charge in [-0.15, -0.1) is 0 Å². The minimum Gasteiger partial charge on any atom is -0.319 e. The molecule has 0 saturated carbocycles. The van der Waals surface area contributed by atoms with Crippen LogP contribution in [0.1, 0.15) is 22.8 Å². The van der Waals surface area contributed by atoms with Gasteiger partial charge in [-0.05, 0) is 36.8 Å². The monoisotopic (exact) mass is 345 g/mol. The molecule has 1 unspecified atom stereocenters. The highest BCUT2D eigenvalue weighted by Crippen LogP contribution is 2.28. The van der Waals surface area contributed by atoms with Crippen LogP contribution in [0.15, 0.2) is 42.7 Å². The summed E-state index contributed by atoms with van der Waals surface area (Å²) in [5, 5.41) is 2.53. The summed E-state index contributed by atoms with van der Waals surface area (Å²) < 4.78 is 26.7. The standard InChI is InChI=1S/C17H13F2N3O3/c1-17(10-4-6-20-7-5-10)15(24)22(16(25)21-17)9-14(23)12-3-2-11(18)8-13(12)19/h2-8H,9H2,1H3,(H,21,25). The van der Waals surface area contributed by atoms with Gasteiger partial charge in [-0.2, -0.15) is 0 Å². The third kappa shape index (κ3) is 2.86. The predicted molar refractivity (Wildman–Crippen MR) is 82.5 cm³/mol. The molecule has 2 aromatic rings. The molecule has 8 heteroatoms. The summed E-state index contributed by atoms with van der Waals surface area (Å²) in [6, 6.07) is 4.86. The number of aromatic nitrogens is 1. The van der Waals surface area contributed by atoms with Gasteiger partial charge in [-0.3, -0.25) is 19.5 Å². The van der Waals surface area contributed by atoms with E-state index < -0.39 is 41.4 Å². The summed E-state index contributed by atoms with van der Waals surface area (Å²) in [6.45, 7) is 0.861. The summed E-state index contributed by atoms with van der Waals surface area (Å²) in [4.78, 5) is 41.6. The molecule has 1 fully saturated rings. The Balaban J connectivity index is 1.85. The Morgan fingerprint density at radius 2 is 1.88 bits per heavy atom. The van der Waals surface area contributed by atoms with E-state index in [1.165, 1.54) is 19.3 Å². The number of Topliss-reactive ketones (excluding diaryl/α,β-unsaturated/α-hetero) is 1. The van der Waals surface area contributed by atoms with Gasteiger partial charge in [-0.1, -0.05) is 0 Å². The fourth-order valence-corrected chi connectivity index (χ4v) is 2.67. The fraction of sp³-hybridized carbons (Fsp3) is 0.176. The summed E-state index contributed by atoms with van der Waals surface area (Å²) in [5.41, 5.74) is -1.23. The number of nitrogens with zero attached hydrogens (tertiary/aromatic N) is 2. The minimum absolute atomic E-state index is 0.389. The van der Waals surface area contributed by atoms with E-state index in [0.717, 1.165) is 12.1 Å². The molecule has 1 aromatic carbocycles. The molecule has 1 saturated heterocycles. The molecule has 6 nitrogen and oxygen atoms in total. The zero-order valence-corrected chi connectivity index (χ0v) is 13.1. The third-order valence-electron chi connectivity index (χ3n) is 4.07. The van der Waals surface area contributed by atoms with Gasteiger partial charge >= 0.3 is 6.03 Å². The average Bonchev–Trinajstić information content (AvgIpc) is 2.80. The van der Waals surface area contributed by atoms with Crippen LogP contribution in [-0.2, 0) is 10.3 Å². The van der Waals surface area contributed by atoms with Gasteiger partial charge in [0.25, 0.3) is 5.91 Å². The van der Waals surface area contributed by atoms with Crippen molar-refractivity contribution >= 4 is 17.7 Å². The van der Waals surface area contributed by atoms with Crippen molar-refractivity contribution in [1.82, 2.24) is 15.2 Å². The minimum atomic E-state index is -1.35. The molecule has 3 rings (SSSR count). The molecular weight excluding hydrogens is 332 g/mol. The SMILES string of the molecule is CC1(c2ccncc2)NC(=O)N(CC(=O)c2ccc(F)cc2F)C1=O. The maximum atomic E-state index is 13.7. The molecule has 128 valence electrons. The zero-order chi connectivity index (χ0) is 18.2. The van der Waals surface area contributed by atoms with Crippen LogP contribution in [-0.4, -0.2) is 34.2 Å². The Hall–Kier alpha value is -3.16. The number of ketones is 1. The summed E-state index contributed by atoms with van der Waals surface area (Å²) in [7, 11) is 0. The smallest absolute Gasteiger partial charge is 0.319 e. The zero-order valence-electron chi connectivity index (χ0n) is 13.1. The van der Waals surface area contributed by atoms with Crippen molar-refractivity contribution in [3.05, 3.63) is 65.5 Å². The van der Waals surface area contributed by atoms with Crippen molar-refractivity contribution in [3.8, 4) is 0 Å².